The number of hydrogen-bond donors (Lipinski definition) is 2. The predicted octanol–water partition coefficient (Wildman–Crippen LogP) is 2.14. The van der Waals surface area contributed by atoms with Crippen molar-refractivity contribution in [2.75, 3.05) is 12.3 Å². The molecule has 1 amide bonds. The van der Waals surface area contributed by atoms with Crippen molar-refractivity contribution in [3.63, 3.8) is 0 Å². The summed E-state index contributed by atoms with van der Waals surface area (Å²) in [4.78, 5) is 11.7. The first-order chi connectivity index (χ1) is 9.85. The lowest BCUT2D eigenvalue weighted by Gasteiger charge is -2.06. The highest BCUT2D eigenvalue weighted by Crippen LogP contribution is 2.18. The first-order valence-electron chi connectivity index (χ1n) is 6.12. The molecule has 1 heterocycles. The summed E-state index contributed by atoms with van der Waals surface area (Å²) >= 11 is 0. The molecule has 0 aliphatic rings. The zero-order valence-electron chi connectivity index (χ0n) is 10.9. The Hall–Kier alpha value is -2.51. The van der Waals surface area contributed by atoms with Gasteiger partial charge in [0.25, 0.3) is 5.91 Å². The van der Waals surface area contributed by atoms with Crippen molar-refractivity contribution in [3.8, 4) is 5.69 Å². The molecule has 2 rings (SSSR count). The topological polar surface area (TPSA) is 72.9 Å². The van der Waals surface area contributed by atoms with E-state index in [0.717, 1.165) is 0 Å². The highest BCUT2D eigenvalue weighted by Gasteiger charge is 2.26. The summed E-state index contributed by atoms with van der Waals surface area (Å²) in [7, 11) is 0. The summed E-state index contributed by atoms with van der Waals surface area (Å²) in [5.41, 5.74) is 6.90. The maximum atomic E-state index is 12.0. The molecule has 2 aromatic rings. The normalized spacial score (nSPS) is 11.4. The molecule has 0 bridgehead atoms. The van der Waals surface area contributed by atoms with Crippen molar-refractivity contribution < 1.29 is 18.0 Å². The molecular formula is C13H13F3N4O. The number of nitrogens with two attached hydrogens (primary N) is 1. The third-order valence-corrected chi connectivity index (χ3v) is 2.67. The molecule has 0 unspecified atom stereocenters. The molecule has 0 saturated carbocycles. The number of nitrogens with zero attached hydrogens (tertiary/aromatic N) is 2. The van der Waals surface area contributed by atoms with E-state index in [1.165, 1.54) is 10.7 Å². The van der Waals surface area contributed by atoms with Gasteiger partial charge < -0.3 is 11.1 Å². The van der Waals surface area contributed by atoms with E-state index in [1.807, 2.05) is 0 Å². The maximum Gasteiger partial charge on any atom is 0.390 e. The molecule has 0 aliphatic heterocycles. The van der Waals surface area contributed by atoms with Gasteiger partial charge in [-0.05, 0) is 30.3 Å². The number of hydrogen-bond acceptors (Lipinski definition) is 3. The molecule has 1 aromatic heterocycles. The lowest BCUT2D eigenvalue weighted by Crippen LogP contribution is -2.28. The molecule has 0 saturated heterocycles. The van der Waals surface area contributed by atoms with Crippen molar-refractivity contribution >= 4 is 11.6 Å². The Morgan fingerprint density at radius 3 is 2.52 bits per heavy atom. The van der Waals surface area contributed by atoms with Gasteiger partial charge in [0.1, 0.15) is 0 Å². The van der Waals surface area contributed by atoms with Gasteiger partial charge >= 0.3 is 6.18 Å². The largest absolute Gasteiger partial charge is 0.399 e. The van der Waals surface area contributed by atoms with Gasteiger partial charge in [0, 0.05) is 18.4 Å². The maximum absolute atomic E-state index is 12.0. The SMILES string of the molecule is Nc1ccc(-n2ccc(C(=O)NCCC(F)(F)F)n2)cc1. The second-order valence-electron chi connectivity index (χ2n) is 4.36. The number of carbonyl (C=O) groups excluding carboxylic acids is 1. The molecule has 8 heteroatoms. The molecule has 1 aromatic carbocycles. The molecule has 0 spiro atoms. The van der Waals surface area contributed by atoms with Crippen LogP contribution in [-0.2, 0) is 0 Å². The number of rotatable bonds is 4. The highest BCUT2D eigenvalue weighted by molar-refractivity contribution is 5.92. The van der Waals surface area contributed by atoms with Crippen LogP contribution in [0.5, 0.6) is 0 Å². The van der Waals surface area contributed by atoms with E-state index < -0.39 is 25.0 Å². The molecule has 21 heavy (non-hydrogen) atoms. The second-order valence-corrected chi connectivity index (χ2v) is 4.36. The minimum Gasteiger partial charge on any atom is -0.399 e. The van der Waals surface area contributed by atoms with Crippen LogP contribution in [0.2, 0.25) is 0 Å². The van der Waals surface area contributed by atoms with Gasteiger partial charge in [-0.3, -0.25) is 4.79 Å². The Morgan fingerprint density at radius 2 is 1.90 bits per heavy atom. The summed E-state index contributed by atoms with van der Waals surface area (Å²) in [6, 6.07) is 8.22. The summed E-state index contributed by atoms with van der Waals surface area (Å²) in [5, 5.41) is 6.18. The summed E-state index contributed by atoms with van der Waals surface area (Å²) in [5.74, 6) is -0.645. The number of anilines is 1. The molecule has 5 nitrogen and oxygen atoms in total. The number of alkyl halides is 3. The monoisotopic (exact) mass is 298 g/mol. The van der Waals surface area contributed by atoms with Crippen LogP contribution in [0.1, 0.15) is 16.9 Å². The number of benzene rings is 1. The first-order valence-corrected chi connectivity index (χ1v) is 6.12. The Bertz CT molecular complexity index is 619. The van der Waals surface area contributed by atoms with Crippen LogP contribution in [0, 0.1) is 0 Å². The zero-order chi connectivity index (χ0) is 15.5. The van der Waals surface area contributed by atoms with Crippen molar-refractivity contribution in [3.05, 3.63) is 42.2 Å². The van der Waals surface area contributed by atoms with Crippen molar-refractivity contribution in [1.82, 2.24) is 15.1 Å². The van der Waals surface area contributed by atoms with Gasteiger partial charge in [0.15, 0.2) is 5.69 Å². The van der Waals surface area contributed by atoms with Crippen LogP contribution in [0.4, 0.5) is 18.9 Å². The fraction of sp³-hybridized carbons (Fsp3) is 0.231. The number of nitrogens with one attached hydrogen (secondary N) is 1. The van der Waals surface area contributed by atoms with Crippen LogP contribution in [0.3, 0.4) is 0 Å². The van der Waals surface area contributed by atoms with E-state index in [-0.39, 0.29) is 5.69 Å². The molecule has 112 valence electrons. The molecule has 0 atom stereocenters. The van der Waals surface area contributed by atoms with E-state index in [2.05, 4.69) is 10.4 Å². The second kappa shape index (κ2) is 5.86. The van der Waals surface area contributed by atoms with Crippen molar-refractivity contribution in [1.29, 1.82) is 0 Å². The number of halogens is 3. The van der Waals surface area contributed by atoms with Crippen LogP contribution in [-0.4, -0.2) is 28.4 Å². The average molecular weight is 298 g/mol. The molecule has 3 N–H and O–H groups in total. The van der Waals surface area contributed by atoms with E-state index in [1.54, 1.807) is 30.5 Å². The van der Waals surface area contributed by atoms with Gasteiger partial charge in [0.2, 0.25) is 0 Å². The van der Waals surface area contributed by atoms with Gasteiger partial charge in [-0.2, -0.15) is 18.3 Å². The first kappa shape index (κ1) is 14.9. The number of amides is 1. The number of carbonyl (C=O) groups is 1. The molecule has 0 radical (unpaired) electrons. The molecular weight excluding hydrogens is 285 g/mol. The third kappa shape index (κ3) is 4.23. The van der Waals surface area contributed by atoms with Crippen LogP contribution < -0.4 is 11.1 Å². The number of nitrogen functional groups attached to an aromatic ring is 1. The fourth-order valence-corrected chi connectivity index (χ4v) is 1.62. The standard InChI is InChI=1S/C13H13F3N4O/c14-13(15,16)6-7-18-12(21)11-5-8-20(19-11)10-3-1-9(17)2-4-10/h1-5,8H,6-7,17H2,(H,18,21). The van der Waals surface area contributed by atoms with Crippen LogP contribution in [0.25, 0.3) is 5.69 Å². The van der Waals surface area contributed by atoms with E-state index in [9.17, 15) is 18.0 Å². The quantitative estimate of drug-likeness (QED) is 0.849. The van der Waals surface area contributed by atoms with Crippen molar-refractivity contribution in [2.24, 2.45) is 0 Å². The van der Waals surface area contributed by atoms with Gasteiger partial charge in [-0.15, -0.1) is 0 Å². The average Bonchev–Trinajstić information content (AvgIpc) is 2.87. The lowest BCUT2D eigenvalue weighted by molar-refractivity contribution is -0.132. The Morgan fingerprint density at radius 1 is 1.24 bits per heavy atom. The smallest absolute Gasteiger partial charge is 0.390 e. The molecule has 0 fully saturated rings. The van der Waals surface area contributed by atoms with Gasteiger partial charge in [-0.25, -0.2) is 4.68 Å². The minimum atomic E-state index is -4.30. The Kier molecular flexibility index (Phi) is 4.15. The summed E-state index contributed by atoms with van der Waals surface area (Å²) in [6.07, 6.45) is -3.82. The van der Waals surface area contributed by atoms with Crippen LogP contribution >= 0.6 is 0 Å². The predicted molar refractivity (Wildman–Crippen MR) is 71.0 cm³/mol. The number of aromatic nitrogens is 2. The zero-order valence-corrected chi connectivity index (χ0v) is 10.9. The van der Waals surface area contributed by atoms with Gasteiger partial charge in [0.05, 0.1) is 12.1 Å². The van der Waals surface area contributed by atoms with E-state index in [4.69, 9.17) is 5.73 Å². The highest BCUT2D eigenvalue weighted by atomic mass is 19.4. The summed E-state index contributed by atoms with van der Waals surface area (Å²) < 4.78 is 37.4. The minimum absolute atomic E-state index is 0.0500. The van der Waals surface area contributed by atoms with Crippen molar-refractivity contribution in [2.45, 2.75) is 12.6 Å². The van der Waals surface area contributed by atoms with E-state index >= 15 is 0 Å². The summed E-state index contributed by atoms with van der Waals surface area (Å²) in [6.45, 7) is -0.475. The Balaban J connectivity index is 1.99. The van der Waals surface area contributed by atoms with Crippen LogP contribution in [0.15, 0.2) is 36.5 Å². The lowest BCUT2D eigenvalue weighted by atomic mass is 10.3. The third-order valence-electron chi connectivity index (χ3n) is 2.67. The fourth-order valence-electron chi connectivity index (χ4n) is 1.62. The Labute approximate surface area is 118 Å². The molecule has 0 aliphatic carbocycles. The van der Waals surface area contributed by atoms with Gasteiger partial charge in [-0.1, -0.05) is 0 Å². The van der Waals surface area contributed by atoms with E-state index in [0.29, 0.717) is 11.4 Å².